The summed E-state index contributed by atoms with van der Waals surface area (Å²) in [5.74, 6) is 0.704. The molecule has 0 bridgehead atoms. The van der Waals surface area contributed by atoms with Gasteiger partial charge in [0.15, 0.2) is 0 Å². The Bertz CT molecular complexity index is 399. The molecule has 4 nitrogen and oxygen atoms in total. The molecule has 0 spiro atoms. The Morgan fingerprint density at radius 1 is 1.35 bits per heavy atom. The average molecular weight is 346 g/mol. The zero-order chi connectivity index (χ0) is 15.0. The van der Waals surface area contributed by atoms with Crippen LogP contribution in [0, 0.1) is 0 Å². The van der Waals surface area contributed by atoms with Gasteiger partial charge in [-0.2, -0.15) is 0 Å². The van der Waals surface area contributed by atoms with Crippen molar-refractivity contribution in [1.82, 2.24) is 0 Å². The van der Waals surface area contributed by atoms with Gasteiger partial charge in [-0.15, -0.1) is 0 Å². The van der Waals surface area contributed by atoms with Crippen LogP contribution < -0.4 is 10.5 Å². The molecule has 1 unspecified atom stereocenters. The molecule has 20 heavy (non-hydrogen) atoms. The monoisotopic (exact) mass is 345 g/mol. The highest BCUT2D eigenvalue weighted by Gasteiger charge is 2.11. The third-order valence-electron chi connectivity index (χ3n) is 2.85. The third-order valence-corrected chi connectivity index (χ3v) is 3.34. The van der Waals surface area contributed by atoms with E-state index >= 15 is 0 Å². The molecule has 1 rings (SSSR count). The molecule has 1 aromatic rings. The number of aliphatic hydroxyl groups is 1. The van der Waals surface area contributed by atoms with E-state index < -0.39 is 6.10 Å². The lowest BCUT2D eigenvalue weighted by molar-refractivity contribution is 0.0111. The van der Waals surface area contributed by atoms with Crippen LogP contribution in [0.3, 0.4) is 0 Å². The van der Waals surface area contributed by atoms with Crippen molar-refractivity contribution in [3.05, 3.63) is 28.2 Å². The van der Waals surface area contributed by atoms with E-state index in [1.807, 2.05) is 25.1 Å². The molecular formula is C15H24BrNO3. The Morgan fingerprint density at radius 3 is 2.75 bits per heavy atom. The topological polar surface area (TPSA) is 64.7 Å². The highest BCUT2D eigenvalue weighted by Crippen LogP contribution is 2.27. The summed E-state index contributed by atoms with van der Waals surface area (Å²) in [4.78, 5) is 0. The maximum atomic E-state index is 9.80. The van der Waals surface area contributed by atoms with Crippen LogP contribution in [0.4, 0.5) is 0 Å². The van der Waals surface area contributed by atoms with E-state index in [9.17, 15) is 5.11 Å². The van der Waals surface area contributed by atoms with Crippen molar-refractivity contribution in [3.8, 4) is 5.75 Å². The van der Waals surface area contributed by atoms with Gasteiger partial charge in [0.05, 0.1) is 6.61 Å². The summed E-state index contributed by atoms with van der Waals surface area (Å²) >= 11 is 3.41. The summed E-state index contributed by atoms with van der Waals surface area (Å²) in [6.45, 7) is 5.18. The molecule has 0 amide bonds. The van der Waals surface area contributed by atoms with E-state index in [0.717, 1.165) is 22.9 Å². The largest absolute Gasteiger partial charge is 0.490 e. The fourth-order valence-corrected chi connectivity index (χ4v) is 2.09. The van der Waals surface area contributed by atoms with Gasteiger partial charge in [0.1, 0.15) is 18.5 Å². The minimum Gasteiger partial charge on any atom is -0.490 e. The molecule has 0 fully saturated rings. The number of hydrogen-bond acceptors (Lipinski definition) is 4. The zero-order valence-electron chi connectivity index (χ0n) is 12.1. The predicted octanol–water partition coefficient (Wildman–Crippen LogP) is 3.03. The van der Waals surface area contributed by atoms with Crippen molar-refractivity contribution in [2.24, 2.45) is 5.73 Å². The van der Waals surface area contributed by atoms with Gasteiger partial charge in [-0.3, -0.25) is 0 Å². The van der Waals surface area contributed by atoms with Crippen LogP contribution >= 0.6 is 15.9 Å². The molecule has 0 saturated heterocycles. The standard InChI is InChI=1S/C15H24BrNO3/c1-3-4-7-19-9-13(18)10-20-15-6-5-12(16)8-14(15)11(2)17/h5-6,8,11,13,18H,3-4,7,9-10,17H2,1-2H3/t11-,13?/m1/s1. The van der Waals surface area contributed by atoms with Crippen LogP contribution in [-0.4, -0.2) is 31.0 Å². The summed E-state index contributed by atoms with van der Waals surface area (Å²) < 4.78 is 12.0. The number of aliphatic hydroxyl groups excluding tert-OH is 1. The Labute approximate surface area is 129 Å². The molecule has 114 valence electrons. The number of hydrogen-bond donors (Lipinski definition) is 2. The molecule has 0 saturated carbocycles. The van der Waals surface area contributed by atoms with E-state index in [1.54, 1.807) is 0 Å². The van der Waals surface area contributed by atoms with Crippen LogP contribution in [0.25, 0.3) is 0 Å². The van der Waals surface area contributed by atoms with Gasteiger partial charge in [-0.25, -0.2) is 0 Å². The van der Waals surface area contributed by atoms with Crippen molar-refractivity contribution >= 4 is 15.9 Å². The Morgan fingerprint density at radius 2 is 2.10 bits per heavy atom. The fraction of sp³-hybridized carbons (Fsp3) is 0.600. The van der Waals surface area contributed by atoms with Crippen LogP contribution in [-0.2, 0) is 4.74 Å². The van der Waals surface area contributed by atoms with E-state index in [2.05, 4.69) is 22.9 Å². The first kappa shape index (κ1) is 17.4. The minimum atomic E-state index is -0.628. The second kappa shape index (κ2) is 9.34. The van der Waals surface area contributed by atoms with Crippen LogP contribution in [0.1, 0.15) is 38.3 Å². The van der Waals surface area contributed by atoms with Crippen LogP contribution in [0.15, 0.2) is 22.7 Å². The van der Waals surface area contributed by atoms with Gasteiger partial charge >= 0.3 is 0 Å². The highest BCUT2D eigenvalue weighted by atomic mass is 79.9. The number of rotatable bonds is 9. The molecule has 0 radical (unpaired) electrons. The molecule has 0 aliphatic heterocycles. The highest BCUT2D eigenvalue weighted by molar-refractivity contribution is 9.10. The number of ether oxygens (including phenoxy) is 2. The van der Waals surface area contributed by atoms with Gasteiger partial charge in [-0.1, -0.05) is 29.3 Å². The summed E-state index contributed by atoms with van der Waals surface area (Å²) in [6, 6.07) is 5.56. The first-order chi connectivity index (χ1) is 9.54. The van der Waals surface area contributed by atoms with Gasteiger partial charge in [0.25, 0.3) is 0 Å². The SMILES string of the molecule is CCCCOCC(O)COc1ccc(Br)cc1[C@@H](C)N. The Hall–Kier alpha value is -0.620. The van der Waals surface area contributed by atoms with E-state index in [1.165, 1.54) is 0 Å². The van der Waals surface area contributed by atoms with Gasteiger partial charge in [-0.05, 0) is 31.5 Å². The van der Waals surface area contributed by atoms with Gasteiger partial charge in [0, 0.05) is 22.7 Å². The summed E-state index contributed by atoms with van der Waals surface area (Å²) in [5.41, 5.74) is 6.83. The van der Waals surface area contributed by atoms with Gasteiger partial charge < -0.3 is 20.3 Å². The smallest absolute Gasteiger partial charge is 0.124 e. The maximum absolute atomic E-state index is 9.80. The number of halogens is 1. The van der Waals surface area contributed by atoms with Crippen molar-refractivity contribution in [1.29, 1.82) is 0 Å². The van der Waals surface area contributed by atoms with Crippen LogP contribution in [0.2, 0.25) is 0 Å². The fourth-order valence-electron chi connectivity index (χ4n) is 1.71. The maximum Gasteiger partial charge on any atom is 0.124 e. The predicted molar refractivity (Wildman–Crippen MR) is 84.0 cm³/mol. The third kappa shape index (κ3) is 6.22. The Balaban J connectivity index is 2.44. The molecule has 2 atom stereocenters. The molecule has 0 aliphatic carbocycles. The summed E-state index contributed by atoms with van der Waals surface area (Å²) in [6.07, 6.45) is 1.47. The van der Waals surface area contributed by atoms with E-state index in [-0.39, 0.29) is 12.6 Å². The van der Waals surface area contributed by atoms with E-state index in [4.69, 9.17) is 15.2 Å². The lowest BCUT2D eigenvalue weighted by Crippen LogP contribution is -2.24. The van der Waals surface area contributed by atoms with Gasteiger partial charge in [0.2, 0.25) is 0 Å². The summed E-state index contributed by atoms with van der Waals surface area (Å²) in [7, 11) is 0. The molecule has 5 heteroatoms. The van der Waals surface area contributed by atoms with Crippen molar-refractivity contribution in [3.63, 3.8) is 0 Å². The average Bonchev–Trinajstić information content (AvgIpc) is 2.42. The normalized spacial score (nSPS) is 14.1. The Kier molecular flexibility index (Phi) is 8.14. The number of benzene rings is 1. The number of unbranched alkanes of at least 4 members (excludes halogenated alkanes) is 1. The molecule has 0 heterocycles. The van der Waals surface area contributed by atoms with Crippen molar-refractivity contribution in [2.45, 2.75) is 38.8 Å². The first-order valence-electron chi connectivity index (χ1n) is 6.98. The lowest BCUT2D eigenvalue weighted by Gasteiger charge is -2.17. The molecule has 0 aromatic heterocycles. The quantitative estimate of drug-likeness (QED) is 0.675. The van der Waals surface area contributed by atoms with E-state index in [0.29, 0.717) is 19.0 Å². The van der Waals surface area contributed by atoms with Crippen LogP contribution in [0.5, 0.6) is 5.75 Å². The van der Waals surface area contributed by atoms with Crippen molar-refractivity contribution in [2.75, 3.05) is 19.8 Å². The van der Waals surface area contributed by atoms with Crippen molar-refractivity contribution < 1.29 is 14.6 Å². The second-order valence-corrected chi connectivity index (χ2v) is 5.78. The zero-order valence-corrected chi connectivity index (χ0v) is 13.7. The molecular weight excluding hydrogens is 322 g/mol. The molecule has 3 N–H and O–H groups in total. The minimum absolute atomic E-state index is 0.125. The lowest BCUT2D eigenvalue weighted by atomic mass is 10.1. The first-order valence-corrected chi connectivity index (χ1v) is 7.77. The molecule has 0 aliphatic rings. The summed E-state index contributed by atoms with van der Waals surface area (Å²) in [5, 5.41) is 9.80. The second-order valence-electron chi connectivity index (χ2n) is 4.86. The molecule has 1 aromatic carbocycles. The number of nitrogens with two attached hydrogens (primary N) is 1.